The van der Waals surface area contributed by atoms with E-state index < -0.39 is 0 Å². The summed E-state index contributed by atoms with van der Waals surface area (Å²) in [6.07, 6.45) is 26.7. The largest absolute Gasteiger partial charge is 0.0588 e. The summed E-state index contributed by atoms with van der Waals surface area (Å²) in [7, 11) is 0. The lowest BCUT2D eigenvalue weighted by Crippen LogP contribution is -2.25. The van der Waals surface area contributed by atoms with Crippen LogP contribution in [0.1, 0.15) is 146 Å². The van der Waals surface area contributed by atoms with E-state index in [4.69, 9.17) is 0 Å². The predicted molar refractivity (Wildman–Crippen MR) is 202 cm³/mol. The van der Waals surface area contributed by atoms with Crippen molar-refractivity contribution in [1.82, 2.24) is 0 Å². The van der Waals surface area contributed by atoms with Crippen molar-refractivity contribution in [2.24, 2.45) is 0 Å². The summed E-state index contributed by atoms with van der Waals surface area (Å²) in [6.45, 7) is 4.59. The molecule has 0 N–H and O–H groups in total. The summed E-state index contributed by atoms with van der Waals surface area (Å²) in [4.78, 5) is 0. The third-order valence-corrected chi connectivity index (χ3v) is 12.2. The smallest absolute Gasteiger partial charge is 0.0215 e. The summed E-state index contributed by atoms with van der Waals surface area (Å²) >= 11 is 0. The van der Waals surface area contributed by atoms with Crippen LogP contribution in [0.25, 0.3) is 11.1 Å². The maximum absolute atomic E-state index is 2.55. The molecule has 0 bridgehead atoms. The monoisotopic (exact) mass is 622 g/mol. The van der Waals surface area contributed by atoms with Crippen LogP contribution in [0, 0.1) is 13.8 Å². The molecule has 0 nitrogen and oxygen atoms in total. The van der Waals surface area contributed by atoms with E-state index in [1.807, 2.05) is 0 Å². The van der Waals surface area contributed by atoms with E-state index in [0.717, 1.165) is 0 Å². The van der Waals surface area contributed by atoms with Crippen molar-refractivity contribution in [2.75, 3.05) is 0 Å². The second-order valence-electron chi connectivity index (χ2n) is 15.6. The van der Waals surface area contributed by atoms with Crippen molar-refractivity contribution < 1.29 is 0 Å². The minimum atomic E-state index is 0.187. The highest BCUT2D eigenvalue weighted by atomic mass is 14.4. The molecule has 0 heterocycles. The standard InChI is InChI=1S/C47H58/c1-35-17-27-43-44-28-18-36(2)32-46(44)47(45(43)31-35,29-13-9-5-3-7-11-15-37-19-21-39-23-25-41(39)33-37)30-14-10-6-4-8-12-16-38-20-22-40-24-26-42(40)34-38/h17-22,27-28,31-34H,3-16,23-26,29-30H2,1-2H3. The number of aryl methyl sites for hydroxylation is 8. The summed E-state index contributed by atoms with van der Waals surface area (Å²) in [5.41, 5.74) is 18.8. The Morgan fingerprint density at radius 3 is 1.21 bits per heavy atom. The van der Waals surface area contributed by atoms with E-state index in [1.54, 1.807) is 44.5 Å². The van der Waals surface area contributed by atoms with E-state index in [-0.39, 0.29) is 5.41 Å². The number of hydrogen-bond donors (Lipinski definition) is 0. The van der Waals surface area contributed by atoms with Crippen LogP contribution in [0.2, 0.25) is 0 Å². The maximum atomic E-state index is 2.55. The highest BCUT2D eigenvalue weighted by Crippen LogP contribution is 2.54. The SMILES string of the molecule is Cc1ccc2c(c1)C(CCCCCCCCc1ccc3c(c1)CC3)(CCCCCCCCc1ccc3c(c1)CC3)c1cc(C)ccc1-2. The molecule has 0 saturated heterocycles. The van der Waals surface area contributed by atoms with Crippen molar-refractivity contribution in [1.29, 1.82) is 0 Å². The number of fused-ring (bicyclic) bond motifs is 5. The molecule has 0 fully saturated rings. The molecule has 246 valence electrons. The van der Waals surface area contributed by atoms with Gasteiger partial charge in [0.2, 0.25) is 0 Å². The molecular formula is C47H58. The Morgan fingerprint density at radius 2 is 0.809 bits per heavy atom. The third kappa shape index (κ3) is 7.33. The first kappa shape index (κ1) is 32.4. The molecule has 4 aromatic carbocycles. The van der Waals surface area contributed by atoms with Crippen LogP contribution >= 0.6 is 0 Å². The van der Waals surface area contributed by atoms with Gasteiger partial charge in [0.1, 0.15) is 0 Å². The summed E-state index contributed by atoms with van der Waals surface area (Å²) in [6, 6.07) is 29.1. The average Bonchev–Trinajstić information content (AvgIpc) is 3.29. The van der Waals surface area contributed by atoms with Gasteiger partial charge >= 0.3 is 0 Å². The topological polar surface area (TPSA) is 0 Å². The van der Waals surface area contributed by atoms with Gasteiger partial charge < -0.3 is 0 Å². The molecule has 0 aliphatic heterocycles. The van der Waals surface area contributed by atoms with Gasteiger partial charge in [-0.2, -0.15) is 0 Å². The Balaban J connectivity index is 0.907. The maximum Gasteiger partial charge on any atom is 0.0215 e. The molecule has 0 saturated carbocycles. The van der Waals surface area contributed by atoms with Crippen molar-refractivity contribution in [3.05, 3.63) is 128 Å². The zero-order chi connectivity index (χ0) is 32.1. The van der Waals surface area contributed by atoms with Crippen LogP contribution in [0.5, 0.6) is 0 Å². The van der Waals surface area contributed by atoms with E-state index in [1.165, 1.54) is 151 Å². The summed E-state index contributed by atoms with van der Waals surface area (Å²) in [5, 5.41) is 0. The van der Waals surface area contributed by atoms with Crippen LogP contribution in [-0.2, 0) is 43.9 Å². The Bertz CT molecular complexity index is 1540. The highest BCUT2D eigenvalue weighted by Gasteiger charge is 2.42. The first-order chi connectivity index (χ1) is 23.1. The van der Waals surface area contributed by atoms with Crippen molar-refractivity contribution >= 4 is 0 Å². The predicted octanol–water partition coefficient (Wildman–Crippen LogP) is 12.7. The molecule has 0 heteroatoms. The minimum absolute atomic E-state index is 0.187. The number of hydrogen-bond acceptors (Lipinski definition) is 0. The van der Waals surface area contributed by atoms with Gasteiger partial charge in [0, 0.05) is 5.41 Å². The van der Waals surface area contributed by atoms with E-state index >= 15 is 0 Å². The van der Waals surface area contributed by atoms with E-state index in [2.05, 4.69) is 86.6 Å². The molecule has 0 radical (unpaired) electrons. The molecule has 0 unspecified atom stereocenters. The molecule has 0 amide bonds. The number of rotatable bonds is 18. The van der Waals surface area contributed by atoms with Crippen LogP contribution in [0.3, 0.4) is 0 Å². The van der Waals surface area contributed by atoms with Gasteiger partial charge in [-0.15, -0.1) is 0 Å². The Morgan fingerprint density at radius 1 is 0.404 bits per heavy atom. The summed E-state index contributed by atoms with van der Waals surface area (Å²) in [5.74, 6) is 0. The molecule has 3 aliphatic rings. The average molecular weight is 623 g/mol. The lowest BCUT2D eigenvalue weighted by atomic mass is 9.70. The Labute approximate surface area is 286 Å². The normalized spacial score (nSPS) is 14.9. The van der Waals surface area contributed by atoms with Crippen molar-refractivity contribution in [3.63, 3.8) is 0 Å². The molecule has 0 atom stereocenters. The molecule has 0 aromatic heterocycles. The lowest BCUT2D eigenvalue weighted by molar-refractivity contribution is 0.397. The Hall–Kier alpha value is -3.12. The first-order valence-electron chi connectivity index (χ1n) is 19.5. The van der Waals surface area contributed by atoms with Gasteiger partial charge in [-0.25, -0.2) is 0 Å². The third-order valence-electron chi connectivity index (χ3n) is 12.2. The zero-order valence-corrected chi connectivity index (χ0v) is 29.6. The molecule has 4 aromatic rings. The van der Waals surface area contributed by atoms with Gasteiger partial charge in [-0.1, -0.05) is 148 Å². The van der Waals surface area contributed by atoms with Crippen LogP contribution in [-0.4, -0.2) is 0 Å². The molecule has 0 spiro atoms. The van der Waals surface area contributed by atoms with Crippen LogP contribution in [0.15, 0.2) is 72.8 Å². The molecule has 3 aliphatic carbocycles. The van der Waals surface area contributed by atoms with Crippen molar-refractivity contribution in [3.8, 4) is 11.1 Å². The fourth-order valence-corrected chi connectivity index (χ4v) is 9.12. The first-order valence-corrected chi connectivity index (χ1v) is 19.5. The van der Waals surface area contributed by atoms with Gasteiger partial charge in [0.05, 0.1) is 0 Å². The minimum Gasteiger partial charge on any atom is -0.0588 e. The summed E-state index contributed by atoms with van der Waals surface area (Å²) < 4.78 is 0. The fourth-order valence-electron chi connectivity index (χ4n) is 9.12. The van der Waals surface area contributed by atoms with Crippen LogP contribution in [0.4, 0.5) is 0 Å². The molecule has 47 heavy (non-hydrogen) atoms. The lowest BCUT2D eigenvalue weighted by Gasteiger charge is -2.33. The number of benzene rings is 4. The van der Waals surface area contributed by atoms with Gasteiger partial charge in [-0.05, 0) is 134 Å². The second kappa shape index (κ2) is 15.0. The van der Waals surface area contributed by atoms with Gasteiger partial charge in [0.25, 0.3) is 0 Å². The number of unbranched alkanes of at least 4 members (excludes halogenated alkanes) is 10. The molecular weight excluding hydrogens is 565 g/mol. The van der Waals surface area contributed by atoms with Crippen molar-refractivity contribution in [2.45, 2.75) is 148 Å². The fraction of sp³-hybridized carbons (Fsp3) is 0.489. The quantitative estimate of drug-likeness (QED) is 0.0969. The van der Waals surface area contributed by atoms with E-state index in [0.29, 0.717) is 0 Å². The Kier molecular flexibility index (Phi) is 10.3. The zero-order valence-electron chi connectivity index (χ0n) is 29.6. The van der Waals surface area contributed by atoms with Gasteiger partial charge in [0.15, 0.2) is 0 Å². The van der Waals surface area contributed by atoms with Crippen LogP contribution < -0.4 is 0 Å². The molecule has 7 rings (SSSR count). The van der Waals surface area contributed by atoms with E-state index in [9.17, 15) is 0 Å². The highest BCUT2D eigenvalue weighted by molar-refractivity contribution is 5.81. The second-order valence-corrected chi connectivity index (χ2v) is 15.6. The van der Waals surface area contributed by atoms with Gasteiger partial charge in [-0.3, -0.25) is 0 Å².